The van der Waals surface area contributed by atoms with Crippen LogP contribution in [0, 0.1) is 0 Å². The van der Waals surface area contributed by atoms with E-state index >= 15 is 0 Å². The number of allylic oxidation sites excluding steroid dienone is 1. The van der Waals surface area contributed by atoms with Crippen molar-refractivity contribution in [1.82, 2.24) is 4.57 Å². The molecule has 0 radical (unpaired) electrons. The van der Waals surface area contributed by atoms with Crippen LogP contribution in [-0.2, 0) is 16.1 Å². The summed E-state index contributed by atoms with van der Waals surface area (Å²) in [5, 5.41) is 2.36. The summed E-state index contributed by atoms with van der Waals surface area (Å²) in [5.74, 6) is 0.284. The molecule has 0 bridgehead atoms. The van der Waals surface area contributed by atoms with Crippen LogP contribution in [0.4, 0.5) is 0 Å². The van der Waals surface area contributed by atoms with E-state index in [1.165, 1.54) is 22.1 Å². The van der Waals surface area contributed by atoms with Gasteiger partial charge in [0.1, 0.15) is 12.4 Å². The van der Waals surface area contributed by atoms with Gasteiger partial charge in [-0.05, 0) is 59.5 Å². The van der Waals surface area contributed by atoms with Crippen molar-refractivity contribution in [3.63, 3.8) is 0 Å². The van der Waals surface area contributed by atoms with Crippen molar-refractivity contribution < 1.29 is 14.3 Å². The molecule has 0 aliphatic carbocycles. The number of aromatic nitrogens is 1. The number of esters is 1. The highest BCUT2D eigenvalue weighted by Crippen LogP contribution is 2.30. The Morgan fingerprint density at radius 3 is 2.46 bits per heavy atom. The topological polar surface area (TPSA) is 69.9 Å². The van der Waals surface area contributed by atoms with Crippen LogP contribution in [0.15, 0.2) is 118 Å². The van der Waals surface area contributed by atoms with Crippen LogP contribution in [0.2, 0.25) is 0 Å². The molecule has 1 atom stereocenters. The third kappa shape index (κ3) is 5.24. The minimum Gasteiger partial charge on any atom is -0.489 e. The zero-order valence-electron chi connectivity index (χ0n) is 22.7. The predicted molar refractivity (Wildman–Crippen MR) is 162 cm³/mol. The number of fused-ring (bicyclic) bond motifs is 2. The lowest BCUT2D eigenvalue weighted by molar-refractivity contribution is -0.139. The second-order valence-corrected chi connectivity index (χ2v) is 10.7. The van der Waals surface area contributed by atoms with E-state index in [0.29, 0.717) is 27.2 Å². The Bertz CT molecular complexity index is 1950. The van der Waals surface area contributed by atoms with Crippen LogP contribution in [0.3, 0.4) is 0 Å². The average Bonchev–Trinajstić information content (AvgIpc) is 3.30. The molecule has 7 heteroatoms. The molecular weight excluding hydrogens is 532 g/mol. The molecule has 2 heterocycles. The summed E-state index contributed by atoms with van der Waals surface area (Å²) in [4.78, 5) is 31.9. The maximum Gasteiger partial charge on any atom is 0.338 e. The Kier molecular flexibility index (Phi) is 7.35. The molecule has 0 saturated carbocycles. The predicted octanol–water partition coefficient (Wildman–Crippen LogP) is 5.53. The lowest BCUT2D eigenvalue weighted by Crippen LogP contribution is -2.39. The third-order valence-electron chi connectivity index (χ3n) is 7.08. The molecule has 0 amide bonds. The standard InChI is InChI=1S/C34H28N2O4S/c1-3-39-33(38)30-22(2)35-34-36(31(30)25-11-5-4-6-12-25)32(37)29(41-34)20-23-16-18-27(19-17-23)40-21-26-14-9-13-24-10-7-8-15-28(24)26/h4-20,31H,3,21H2,1-2H3/b29-20-. The Morgan fingerprint density at radius 2 is 1.68 bits per heavy atom. The van der Waals surface area contributed by atoms with Gasteiger partial charge in [-0.3, -0.25) is 9.36 Å². The average molecular weight is 561 g/mol. The van der Waals surface area contributed by atoms with Crippen LogP contribution in [-0.4, -0.2) is 17.1 Å². The van der Waals surface area contributed by atoms with Crippen molar-refractivity contribution in [3.05, 3.63) is 145 Å². The fourth-order valence-corrected chi connectivity index (χ4v) is 6.18. The minimum absolute atomic E-state index is 0.201. The molecule has 6 nitrogen and oxygen atoms in total. The van der Waals surface area contributed by atoms with Crippen LogP contribution in [0.25, 0.3) is 16.8 Å². The second-order valence-electron chi connectivity index (χ2n) is 9.71. The molecule has 0 spiro atoms. The molecular formula is C34H28N2O4S. The van der Waals surface area contributed by atoms with Crippen molar-refractivity contribution in [2.45, 2.75) is 26.5 Å². The molecule has 1 unspecified atom stereocenters. The molecule has 1 aromatic heterocycles. The highest BCUT2D eigenvalue weighted by molar-refractivity contribution is 7.07. The van der Waals surface area contributed by atoms with E-state index in [4.69, 9.17) is 9.47 Å². The van der Waals surface area contributed by atoms with Gasteiger partial charge in [-0.2, -0.15) is 0 Å². The molecule has 204 valence electrons. The quantitative estimate of drug-likeness (QED) is 0.246. The fraction of sp³-hybridized carbons (Fsp3) is 0.147. The molecule has 0 N–H and O–H groups in total. The zero-order valence-corrected chi connectivity index (χ0v) is 23.6. The van der Waals surface area contributed by atoms with Gasteiger partial charge in [0.15, 0.2) is 4.80 Å². The molecule has 4 aromatic carbocycles. The van der Waals surface area contributed by atoms with Gasteiger partial charge in [0.05, 0.1) is 28.5 Å². The normalized spacial score (nSPS) is 15.0. The SMILES string of the molecule is CCOC(=O)C1=C(C)N=c2s/c(=C\c3ccc(OCc4cccc5ccccc45)cc3)c(=O)n2C1c1ccccc1. The zero-order chi connectivity index (χ0) is 28.3. The first-order chi connectivity index (χ1) is 20.0. The van der Waals surface area contributed by atoms with Crippen molar-refractivity contribution >= 4 is 34.2 Å². The summed E-state index contributed by atoms with van der Waals surface area (Å²) < 4.78 is 13.6. The van der Waals surface area contributed by atoms with Crippen molar-refractivity contribution in [1.29, 1.82) is 0 Å². The van der Waals surface area contributed by atoms with Gasteiger partial charge in [0.2, 0.25) is 0 Å². The number of rotatable bonds is 7. The molecule has 1 aliphatic rings. The first-order valence-electron chi connectivity index (χ1n) is 13.5. The summed E-state index contributed by atoms with van der Waals surface area (Å²) in [6.07, 6.45) is 1.85. The fourth-order valence-electron chi connectivity index (χ4n) is 5.13. The van der Waals surface area contributed by atoms with E-state index in [1.807, 2.05) is 78.9 Å². The number of benzene rings is 4. The minimum atomic E-state index is -0.613. The van der Waals surface area contributed by atoms with Crippen molar-refractivity contribution in [2.75, 3.05) is 6.61 Å². The Labute approximate surface area is 241 Å². The van der Waals surface area contributed by atoms with E-state index in [-0.39, 0.29) is 12.2 Å². The molecule has 1 aliphatic heterocycles. The molecule has 0 saturated heterocycles. The molecule has 6 rings (SSSR count). The van der Waals surface area contributed by atoms with Crippen molar-refractivity contribution in [3.8, 4) is 5.75 Å². The molecule has 0 fully saturated rings. The van der Waals surface area contributed by atoms with E-state index in [0.717, 1.165) is 22.4 Å². The summed E-state index contributed by atoms with van der Waals surface area (Å²) in [6.45, 7) is 4.25. The smallest absolute Gasteiger partial charge is 0.338 e. The van der Waals surface area contributed by atoms with Gasteiger partial charge in [0, 0.05) is 0 Å². The number of carbonyl (C=O) groups excluding carboxylic acids is 1. The maximum atomic E-state index is 13.8. The number of carbonyl (C=O) groups is 1. The van der Waals surface area contributed by atoms with E-state index in [9.17, 15) is 9.59 Å². The Balaban J connectivity index is 1.31. The second kappa shape index (κ2) is 11.4. The van der Waals surface area contributed by atoms with E-state index < -0.39 is 12.0 Å². The van der Waals surface area contributed by atoms with E-state index in [2.05, 4.69) is 29.3 Å². The summed E-state index contributed by atoms with van der Waals surface area (Å²) in [6, 6.07) is 31.1. The lowest BCUT2D eigenvalue weighted by atomic mass is 9.96. The Hall–Kier alpha value is -4.75. The summed E-state index contributed by atoms with van der Waals surface area (Å²) in [7, 11) is 0. The van der Waals surface area contributed by atoms with Crippen molar-refractivity contribution in [2.24, 2.45) is 4.99 Å². The molecule has 41 heavy (non-hydrogen) atoms. The lowest BCUT2D eigenvalue weighted by Gasteiger charge is -2.24. The highest BCUT2D eigenvalue weighted by atomic mass is 32.1. The first-order valence-corrected chi connectivity index (χ1v) is 14.3. The first kappa shape index (κ1) is 26.5. The number of thiazole rings is 1. The van der Waals surface area contributed by atoms with E-state index in [1.54, 1.807) is 18.4 Å². The highest BCUT2D eigenvalue weighted by Gasteiger charge is 2.33. The summed E-state index contributed by atoms with van der Waals surface area (Å²) >= 11 is 1.31. The van der Waals surface area contributed by atoms with Gasteiger partial charge >= 0.3 is 5.97 Å². The monoisotopic (exact) mass is 560 g/mol. The van der Waals surface area contributed by atoms with Gasteiger partial charge in [-0.15, -0.1) is 0 Å². The van der Waals surface area contributed by atoms with Gasteiger partial charge in [-0.25, -0.2) is 9.79 Å². The largest absolute Gasteiger partial charge is 0.489 e. The van der Waals surface area contributed by atoms with Crippen LogP contribution < -0.4 is 19.6 Å². The number of ether oxygens (including phenoxy) is 2. The van der Waals surface area contributed by atoms with Crippen LogP contribution in [0.5, 0.6) is 5.75 Å². The Morgan fingerprint density at radius 1 is 0.951 bits per heavy atom. The van der Waals surface area contributed by atoms with Gasteiger partial charge in [0.25, 0.3) is 5.56 Å². The number of hydrogen-bond donors (Lipinski definition) is 0. The van der Waals surface area contributed by atoms with Crippen LogP contribution in [0.1, 0.15) is 36.6 Å². The van der Waals surface area contributed by atoms with Crippen LogP contribution >= 0.6 is 11.3 Å². The maximum absolute atomic E-state index is 13.8. The number of hydrogen-bond acceptors (Lipinski definition) is 6. The summed E-state index contributed by atoms with van der Waals surface area (Å²) in [5.41, 5.74) is 3.55. The number of nitrogens with zero attached hydrogens (tertiary/aromatic N) is 2. The molecule has 5 aromatic rings. The third-order valence-corrected chi connectivity index (χ3v) is 8.07. The van der Waals surface area contributed by atoms with Gasteiger partial charge in [-0.1, -0.05) is 96.3 Å². The van der Waals surface area contributed by atoms with Gasteiger partial charge < -0.3 is 9.47 Å².